The van der Waals surface area contributed by atoms with E-state index in [1.165, 1.54) is 0 Å². The van der Waals surface area contributed by atoms with Crippen molar-refractivity contribution in [3.8, 4) is 0 Å². The van der Waals surface area contributed by atoms with Crippen LogP contribution in [0.3, 0.4) is 0 Å². The summed E-state index contributed by atoms with van der Waals surface area (Å²) in [5, 5.41) is 2.16. The lowest BCUT2D eigenvalue weighted by Gasteiger charge is -2.21. The molecule has 0 aromatic heterocycles. The normalized spacial score (nSPS) is 13.8. The Morgan fingerprint density at radius 1 is 1.29 bits per heavy atom. The fourth-order valence-corrected chi connectivity index (χ4v) is 1.83. The average Bonchev–Trinajstić information content (AvgIpc) is 2.29. The van der Waals surface area contributed by atoms with E-state index < -0.39 is 6.03 Å². The van der Waals surface area contributed by atoms with E-state index in [1.807, 2.05) is 44.2 Å². The lowest BCUT2D eigenvalue weighted by Crippen LogP contribution is -2.40. The van der Waals surface area contributed by atoms with Gasteiger partial charge in [0.05, 0.1) is 5.92 Å². The van der Waals surface area contributed by atoms with Gasteiger partial charge in [-0.15, -0.1) is 0 Å². The van der Waals surface area contributed by atoms with Gasteiger partial charge in [0.1, 0.15) is 0 Å². The first-order chi connectivity index (χ1) is 8.06. The molecule has 0 spiro atoms. The monoisotopic (exact) mass is 234 g/mol. The second-order valence-electron chi connectivity index (χ2n) is 4.13. The zero-order valence-electron chi connectivity index (χ0n) is 10.1. The number of nitrogens with one attached hydrogen (secondary N) is 1. The lowest BCUT2D eigenvalue weighted by molar-refractivity contribution is -0.122. The average molecular weight is 234 g/mol. The van der Waals surface area contributed by atoms with Gasteiger partial charge in [-0.25, -0.2) is 4.79 Å². The number of hydrogen-bond donors (Lipinski definition) is 2. The van der Waals surface area contributed by atoms with Crippen LogP contribution >= 0.6 is 0 Å². The van der Waals surface area contributed by atoms with Gasteiger partial charge in [-0.3, -0.25) is 10.1 Å². The molecule has 0 bridgehead atoms. The van der Waals surface area contributed by atoms with E-state index in [1.54, 1.807) is 0 Å². The Balaban J connectivity index is 2.96. The highest BCUT2D eigenvalue weighted by Crippen LogP contribution is 2.26. The Kier molecular flexibility index (Phi) is 4.69. The summed E-state index contributed by atoms with van der Waals surface area (Å²) < 4.78 is 0. The zero-order chi connectivity index (χ0) is 12.8. The van der Waals surface area contributed by atoms with E-state index >= 15 is 0 Å². The molecule has 0 aliphatic carbocycles. The van der Waals surface area contributed by atoms with E-state index in [-0.39, 0.29) is 17.7 Å². The number of carbonyl (C=O) groups excluding carboxylic acids is 2. The number of rotatable bonds is 4. The molecule has 0 fully saturated rings. The predicted molar refractivity (Wildman–Crippen MR) is 66.4 cm³/mol. The van der Waals surface area contributed by atoms with Gasteiger partial charge in [0.25, 0.3) is 0 Å². The van der Waals surface area contributed by atoms with E-state index in [4.69, 9.17) is 5.73 Å². The summed E-state index contributed by atoms with van der Waals surface area (Å²) in [5.74, 6) is -0.525. The highest BCUT2D eigenvalue weighted by molar-refractivity contribution is 5.97. The van der Waals surface area contributed by atoms with Crippen LogP contribution < -0.4 is 11.1 Å². The molecule has 1 aromatic carbocycles. The van der Waals surface area contributed by atoms with Gasteiger partial charge in [-0.2, -0.15) is 0 Å². The molecule has 17 heavy (non-hydrogen) atoms. The first kappa shape index (κ1) is 13.2. The van der Waals surface area contributed by atoms with Crippen LogP contribution in [0.1, 0.15) is 31.7 Å². The van der Waals surface area contributed by atoms with Gasteiger partial charge in [-0.1, -0.05) is 50.6 Å². The number of hydrogen-bond acceptors (Lipinski definition) is 2. The van der Waals surface area contributed by atoms with Crippen molar-refractivity contribution in [3.63, 3.8) is 0 Å². The zero-order valence-corrected chi connectivity index (χ0v) is 10.1. The second-order valence-corrected chi connectivity index (χ2v) is 4.13. The first-order valence-electron chi connectivity index (χ1n) is 5.71. The van der Waals surface area contributed by atoms with Gasteiger partial charge in [0.2, 0.25) is 5.91 Å². The van der Waals surface area contributed by atoms with E-state index in [0.29, 0.717) is 0 Å². The number of imide groups is 1. The number of benzene rings is 1. The van der Waals surface area contributed by atoms with Gasteiger partial charge in [0.15, 0.2) is 0 Å². The number of amides is 3. The van der Waals surface area contributed by atoms with Crippen molar-refractivity contribution < 1.29 is 9.59 Å². The van der Waals surface area contributed by atoms with Crippen molar-refractivity contribution in [2.75, 3.05) is 0 Å². The molecule has 92 valence electrons. The number of urea groups is 1. The lowest BCUT2D eigenvalue weighted by atomic mass is 9.85. The number of primary amides is 1. The van der Waals surface area contributed by atoms with Crippen molar-refractivity contribution in [2.24, 2.45) is 11.7 Å². The van der Waals surface area contributed by atoms with Crippen LogP contribution in [0.2, 0.25) is 0 Å². The molecule has 4 nitrogen and oxygen atoms in total. The van der Waals surface area contributed by atoms with Gasteiger partial charge in [0, 0.05) is 0 Å². The van der Waals surface area contributed by atoms with Crippen molar-refractivity contribution >= 4 is 11.9 Å². The fourth-order valence-electron chi connectivity index (χ4n) is 1.83. The van der Waals surface area contributed by atoms with Gasteiger partial charge < -0.3 is 5.73 Å². The molecule has 0 radical (unpaired) electrons. The minimum absolute atomic E-state index is 0.150. The Morgan fingerprint density at radius 2 is 1.88 bits per heavy atom. The molecule has 0 aliphatic rings. The molecule has 0 saturated carbocycles. The summed E-state index contributed by atoms with van der Waals surface area (Å²) in [6.07, 6.45) is 0.853. The van der Waals surface area contributed by atoms with Crippen LogP contribution in [-0.2, 0) is 4.79 Å². The van der Waals surface area contributed by atoms with E-state index in [0.717, 1.165) is 12.0 Å². The van der Waals surface area contributed by atoms with Crippen LogP contribution in [0.4, 0.5) is 4.79 Å². The van der Waals surface area contributed by atoms with Crippen LogP contribution in [-0.4, -0.2) is 11.9 Å². The Labute approximate surface area is 101 Å². The molecule has 3 N–H and O–H groups in total. The smallest absolute Gasteiger partial charge is 0.318 e. The minimum Gasteiger partial charge on any atom is -0.351 e. The largest absolute Gasteiger partial charge is 0.351 e. The molecule has 0 aliphatic heterocycles. The highest BCUT2D eigenvalue weighted by Gasteiger charge is 2.26. The molecule has 1 rings (SSSR count). The fraction of sp³-hybridized carbons (Fsp3) is 0.385. The van der Waals surface area contributed by atoms with Gasteiger partial charge >= 0.3 is 6.03 Å². The maximum atomic E-state index is 11.9. The molecule has 4 heteroatoms. The molecular formula is C13H18N2O2. The molecule has 0 saturated heterocycles. The summed E-state index contributed by atoms with van der Waals surface area (Å²) >= 11 is 0. The predicted octanol–water partition coefficient (Wildman–Crippen LogP) is 2.01. The molecule has 0 heterocycles. The molecule has 2 atom stereocenters. The molecule has 2 unspecified atom stereocenters. The summed E-state index contributed by atoms with van der Waals surface area (Å²) in [6, 6.07) is 8.61. The summed E-state index contributed by atoms with van der Waals surface area (Å²) in [7, 11) is 0. The van der Waals surface area contributed by atoms with Crippen molar-refractivity contribution in [1.29, 1.82) is 0 Å². The quantitative estimate of drug-likeness (QED) is 0.836. The highest BCUT2D eigenvalue weighted by atomic mass is 16.2. The number of carbonyl (C=O) groups is 2. The van der Waals surface area contributed by atoms with Crippen LogP contribution in [0.15, 0.2) is 30.3 Å². The summed E-state index contributed by atoms with van der Waals surface area (Å²) in [6.45, 7) is 4.00. The maximum absolute atomic E-state index is 11.9. The van der Waals surface area contributed by atoms with Gasteiger partial charge in [-0.05, 0) is 11.5 Å². The Hall–Kier alpha value is -1.84. The third-order valence-electron chi connectivity index (χ3n) is 2.90. The first-order valence-corrected chi connectivity index (χ1v) is 5.71. The summed E-state index contributed by atoms with van der Waals surface area (Å²) in [4.78, 5) is 22.7. The second kappa shape index (κ2) is 6.03. The third-order valence-corrected chi connectivity index (χ3v) is 2.90. The van der Waals surface area contributed by atoms with Crippen LogP contribution in [0.25, 0.3) is 0 Å². The van der Waals surface area contributed by atoms with Crippen LogP contribution in [0, 0.1) is 5.92 Å². The van der Waals surface area contributed by atoms with E-state index in [2.05, 4.69) is 5.32 Å². The molecule has 3 amide bonds. The summed E-state index contributed by atoms with van der Waals surface area (Å²) in [5.41, 5.74) is 5.88. The maximum Gasteiger partial charge on any atom is 0.318 e. The number of nitrogens with two attached hydrogens (primary N) is 1. The van der Waals surface area contributed by atoms with Crippen molar-refractivity contribution in [1.82, 2.24) is 5.32 Å². The molecular weight excluding hydrogens is 216 g/mol. The van der Waals surface area contributed by atoms with Crippen LogP contribution in [0.5, 0.6) is 0 Å². The standard InChI is InChI=1S/C13H18N2O2/c1-3-9(2)11(12(16)15-13(14)17)10-7-5-4-6-8-10/h4-9,11H,3H2,1-2H3,(H3,14,15,16,17). The topological polar surface area (TPSA) is 72.2 Å². The SMILES string of the molecule is CCC(C)C(C(=O)NC(N)=O)c1ccccc1. The minimum atomic E-state index is -0.806. The van der Waals surface area contributed by atoms with Crippen molar-refractivity contribution in [3.05, 3.63) is 35.9 Å². The van der Waals surface area contributed by atoms with E-state index in [9.17, 15) is 9.59 Å². The molecule has 1 aromatic rings. The Bertz CT molecular complexity index is 390. The van der Waals surface area contributed by atoms with Crippen molar-refractivity contribution in [2.45, 2.75) is 26.2 Å². The third kappa shape index (κ3) is 3.59. The Morgan fingerprint density at radius 3 is 2.35 bits per heavy atom.